The van der Waals surface area contributed by atoms with Crippen LogP contribution in [0.15, 0.2) is 72.8 Å². The Kier molecular flexibility index (Phi) is 8.04. The monoisotopic (exact) mass is 510 g/mol. The van der Waals surface area contributed by atoms with Gasteiger partial charge < -0.3 is 16.0 Å². The second-order valence-corrected chi connectivity index (χ2v) is 7.91. The van der Waals surface area contributed by atoms with E-state index in [4.69, 9.17) is 11.6 Å². The highest BCUT2D eigenvalue weighted by Crippen LogP contribution is 2.14. The summed E-state index contributed by atoms with van der Waals surface area (Å²) in [4.78, 5) is 25.1. The van der Waals surface area contributed by atoms with E-state index in [9.17, 15) is 13.6 Å². The number of urea groups is 1. The normalized spacial score (nSPS) is 10.4. The van der Waals surface area contributed by atoms with Gasteiger partial charge >= 0.3 is 6.03 Å². The van der Waals surface area contributed by atoms with E-state index in [1.807, 2.05) is 0 Å². The van der Waals surface area contributed by atoms with Gasteiger partial charge in [-0.15, -0.1) is 0 Å². The molecule has 0 unspecified atom stereocenters. The number of nitrogens with zero attached hydrogens (tertiary/aromatic N) is 3. The highest BCUT2D eigenvalue weighted by molar-refractivity contribution is 6.30. The zero-order valence-corrected chi connectivity index (χ0v) is 19.5. The van der Waals surface area contributed by atoms with E-state index in [0.717, 1.165) is 11.1 Å². The number of amides is 2. The number of rotatable bonds is 9. The lowest BCUT2D eigenvalue weighted by atomic mass is 10.2. The third kappa shape index (κ3) is 7.50. The lowest BCUT2D eigenvalue weighted by Crippen LogP contribution is -2.34. The molecule has 1 heterocycles. The number of carbonyl (C=O) groups excluding carboxylic acids is 1. The summed E-state index contributed by atoms with van der Waals surface area (Å²) in [6.45, 7) is 0.650. The Morgan fingerprint density at radius 3 is 1.67 bits per heavy atom. The number of carbonyl (C=O) groups is 1. The van der Waals surface area contributed by atoms with Crippen molar-refractivity contribution in [2.24, 2.45) is 0 Å². The van der Waals surface area contributed by atoms with Gasteiger partial charge in [-0.1, -0.05) is 35.9 Å². The molecule has 184 valence electrons. The quantitative estimate of drug-likeness (QED) is 0.197. The van der Waals surface area contributed by atoms with Gasteiger partial charge in [0, 0.05) is 23.8 Å². The van der Waals surface area contributed by atoms with E-state index in [-0.39, 0.29) is 29.5 Å². The zero-order valence-electron chi connectivity index (χ0n) is 18.7. The summed E-state index contributed by atoms with van der Waals surface area (Å²) in [5.41, 5.74) is 7.26. The highest BCUT2D eigenvalue weighted by Gasteiger charge is 2.09. The molecule has 0 bridgehead atoms. The Morgan fingerprint density at radius 1 is 0.694 bits per heavy atom. The summed E-state index contributed by atoms with van der Waals surface area (Å²) < 4.78 is 26.3. The van der Waals surface area contributed by atoms with E-state index in [0.29, 0.717) is 23.8 Å². The van der Waals surface area contributed by atoms with Crippen LogP contribution in [0.5, 0.6) is 0 Å². The van der Waals surface area contributed by atoms with Crippen molar-refractivity contribution in [3.05, 3.63) is 101 Å². The van der Waals surface area contributed by atoms with Gasteiger partial charge in [-0.2, -0.15) is 15.0 Å². The highest BCUT2D eigenvalue weighted by atomic mass is 35.5. The van der Waals surface area contributed by atoms with Gasteiger partial charge in [0.15, 0.2) is 0 Å². The van der Waals surface area contributed by atoms with Crippen LogP contribution in [0.1, 0.15) is 11.1 Å². The topological polar surface area (TPSA) is 116 Å². The first-order valence-electron chi connectivity index (χ1n) is 10.7. The fourth-order valence-electron chi connectivity index (χ4n) is 2.96. The van der Waals surface area contributed by atoms with Crippen molar-refractivity contribution in [2.45, 2.75) is 13.1 Å². The van der Waals surface area contributed by atoms with Gasteiger partial charge in [0.25, 0.3) is 0 Å². The number of hydrazine groups is 1. The van der Waals surface area contributed by atoms with Gasteiger partial charge in [0.05, 0.1) is 0 Å². The molecular formula is C24H21ClF2N8O. The maximum absolute atomic E-state index is 13.2. The molecule has 0 saturated carbocycles. The van der Waals surface area contributed by atoms with Crippen molar-refractivity contribution in [1.29, 1.82) is 0 Å². The number of hydrogen-bond donors (Lipinski definition) is 5. The molecule has 4 aromatic rings. The second kappa shape index (κ2) is 11.8. The van der Waals surface area contributed by atoms with Crippen LogP contribution >= 0.6 is 11.6 Å². The average molecular weight is 511 g/mol. The maximum atomic E-state index is 13.2. The largest absolute Gasteiger partial charge is 0.350 e. The molecule has 1 aromatic heterocycles. The first kappa shape index (κ1) is 24.6. The van der Waals surface area contributed by atoms with Crippen LogP contribution in [0.25, 0.3) is 0 Å². The van der Waals surface area contributed by atoms with Crippen molar-refractivity contribution in [3.8, 4) is 0 Å². The zero-order chi connectivity index (χ0) is 25.3. The third-order valence-electron chi connectivity index (χ3n) is 4.75. The average Bonchev–Trinajstić information content (AvgIpc) is 2.88. The molecule has 0 aliphatic carbocycles. The minimum atomic E-state index is -0.556. The Bertz CT molecular complexity index is 1240. The molecule has 0 aliphatic heterocycles. The standard InChI is InChI=1S/C24H21ClF2N8O/c25-17-5-11-20(12-6-17)30-24(36)35-34-23-32-21(28-13-15-1-7-18(26)8-2-15)31-22(33-23)29-14-16-3-9-19(27)10-4-16/h1-12H,13-14H2,(H2,30,35,36)(H3,28,29,31,32,33,34). The summed E-state index contributed by atoms with van der Waals surface area (Å²) >= 11 is 5.85. The Labute approximate surface area is 210 Å². The van der Waals surface area contributed by atoms with Gasteiger partial charge in [-0.25, -0.2) is 19.0 Å². The molecular weight excluding hydrogens is 490 g/mol. The minimum absolute atomic E-state index is 0.0551. The molecule has 2 amide bonds. The molecule has 3 aromatic carbocycles. The number of anilines is 4. The summed E-state index contributed by atoms with van der Waals surface area (Å²) in [7, 11) is 0. The second-order valence-electron chi connectivity index (χ2n) is 7.48. The van der Waals surface area contributed by atoms with Crippen LogP contribution in [0, 0.1) is 11.6 Å². The third-order valence-corrected chi connectivity index (χ3v) is 5.01. The lowest BCUT2D eigenvalue weighted by Gasteiger charge is -2.13. The summed E-state index contributed by atoms with van der Waals surface area (Å²) in [5.74, 6) is -0.197. The van der Waals surface area contributed by atoms with E-state index < -0.39 is 6.03 Å². The van der Waals surface area contributed by atoms with Crippen molar-refractivity contribution >= 4 is 41.2 Å². The molecule has 0 fully saturated rings. The molecule has 0 atom stereocenters. The van der Waals surface area contributed by atoms with Crippen molar-refractivity contribution < 1.29 is 13.6 Å². The number of aromatic nitrogens is 3. The fourth-order valence-corrected chi connectivity index (χ4v) is 3.09. The molecule has 4 rings (SSSR count). The Balaban J connectivity index is 1.43. The molecule has 12 heteroatoms. The maximum Gasteiger partial charge on any atom is 0.337 e. The number of hydrogen-bond acceptors (Lipinski definition) is 7. The van der Waals surface area contributed by atoms with Gasteiger partial charge in [0.1, 0.15) is 11.6 Å². The van der Waals surface area contributed by atoms with Crippen LogP contribution < -0.4 is 26.8 Å². The summed E-state index contributed by atoms with van der Waals surface area (Å²) in [6.07, 6.45) is 0. The van der Waals surface area contributed by atoms with Crippen LogP contribution in [0.4, 0.5) is 37.1 Å². The number of nitrogens with one attached hydrogen (secondary N) is 5. The van der Waals surface area contributed by atoms with E-state index in [2.05, 4.69) is 41.8 Å². The predicted molar refractivity (Wildman–Crippen MR) is 135 cm³/mol. The SMILES string of the molecule is O=C(NNc1nc(NCc2ccc(F)cc2)nc(NCc2ccc(F)cc2)n1)Nc1ccc(Cl)cc1. The van der Waals surface area contributed by atoms with Gasteiger partial charge in [0.2, 0.25) is 17.8 Å². The molecule has 0 radical (unpaired) electrons. The molecule has 0 saturated heterocycles. The van der Waals surface area contributed by atoms with Gasteiger partial charge in [-0.3, -0.25) is 5.43 Å². The number of halogens is 3. The number of benzene rings is 3. The Morgan fingerprint density at radius 2 is 1.17 bits per heavy atom. The van der Waals surface area contributed by atoms with Crippen LogP contribution in [-0.2, 0) is 13.1 Å². The molecule has 0 spiro atoms. The first-order chi connectivity index (χ1) is 17.4. The van der Waals surface area contributed by atoms with Crippen molar-refractivity contribution in [1.82, 2.24) is 20.4 Å². The molecule has 36 heavy (non-hydrogen) atoms. The molecule has 5 N–H and O–H groups in total. The van der Waals surface area contributed by atoms with Crippen molar-refractivity contribution in [3.63, 3.8) is 0 Å². The van der Waals surface area contributed by atoms with Gasteiger partial charge in [-0.05, 0) is 59.7 Å². The predicted octanol–water partition coefficient (Wildman–Crippen LogP) is 5.18. The first-order valence-corrected chi connectivity index (χ1v) is 11.1. The van der Waals surface area contributed by atoms with E-state index in [1.165, 1.54) is 24.3 Å². The van der Waals surface area contributed by atoms with Crippen LogP contribution in [-0.4, -0.2) is 21.0 Å². The van der Waals surface area contributed by atoms with Crippen molar-refractivity contribution in [2.75, 3.05) is 21.4 Å². The summed E-state index contributed by atoms with van der Waals surface area (Å²) in [6, 6.07) is 18.0. The smallest absolute Gasteiger partial charge is 0.337 e. The van der Waals surface area contributed by atoms with E-state index in [1.54, 1.807) is 48.5 Å². The molecule has 0 aliphatic rings. The summed E-state index contributed by atoms with van der Waals surface area (Å²) in [5, 5.41) is 9.27. The minimum Gasteiger partial charge on any atom is -0.350 e. The van der Waals surface area contributed by atoms with Crippen LogP contribution in [0.2, 0.25) is 5.02 Å². The lowest BCUT2D eigenvalue weighted by molar-refractivity contribution is 0.253. The van der Waals surface area contributed by atoms with Crippen LogP contribution in [0.3, 0.4) is 0 Å². The fraction of sp³-hybridized carbons (Fsp3) is 0.0833. The Hall–Kier alpha value is -4.51. The molecule has 9 nitrogen and oxygen atoms in total. The van der Waals surface area contributed by atoms with E-state index >= 15 is 0 Å².